The molecule has 1 heterocycles. The summed E-state index contributed by atoms with van der Waals surface area (Å²) in [6.07, 6.45) is 8.51. The van der Waals surface area contributed by atoms with Gasteiger partial charge in [-0.15, -0.1) is 0 Å². The van der Waals surface area contributed by atoms with Crippen LogP contribution in [0.5, 0.6) is 0 Å². The Morgan fingerprint density at radius 3 is 2.67 bits per heavy atom. The summed E-state index contributed by atoms with van der Waals surface area (Å²) < 4.78 is 0. The normalized spacial score (nSPS) is 19.4. The zero-order chi connectivity index (χ0) is 8.65. The summed E-state index contributed by atoms with van der Waals surface area (Å²) in [6, 6.07) is 0. The molecule has 70 valence electrons. The van der Waals surface area contributed by atoms with Crippen LogP contribution in [0.1, 0.15) is 19.3 Å². The molecule has 0 radical (unpaired) electrons. The van der Waals surface area contributed by atoms with Gasteiger partial charge in [-0.25, -0.2) is 0 Å². The fourth-order valence-corrected chi connectivity index (χ4v) is 1.53. The van der Waals surface area contributed by atoms with Crippen molar-refractivity contribution >= 4 is 0 Å². The SMILES string of the molecule is CNCC/C=C\CN1CCCC1. The van der Waals surface area contributed by atoms with Gasteiger partial charge in [-0.05, 0) is 45.9 Å². The minimum atomic E-state index is 1.09. The minimum absolute atomic E-state index is 1.09. The third-order valence-corrected chi connectivity index (χ3v) is 2.29. The van der Waals surface area contributed by atoms with Crippen LogP contribution in [0.25, 0.3) is 0 Å². The summed E-state index contributed by atoms with van der Waals surface area (Å²) in [5.74, 6) is 0. The van der Waals surface area contributed by atoms with E-state index in [0.29, 0.717) is 0 Å². The average molecular weight is 168 g/mol. The summed E-state index contributed by atoms with van der Waals surface area (Å²) >= 11 is 0. The lowest BCUT2D eigenvalue weighted by Crippen LogP contribution is -2.18. The molecule has 0 aromatic rings. The van der Waals surface area contributed by atoms with Crippen molar-refractivity contribution in [1.82, 2.24) is 10.2 Å². The lowest BCUT2D eigenvalue weighted by atomic mass is 10.3. The van der Waals surface area contributed by atoms with Crippen molar-refractivity contribution in [3.63, 3.8) is 0 Å². The van der Waals surface area contributed by atoms with Crippen LogP contribution in [0.15, 0.2) is 12.2 Å². The largest absolute Gasteiger partial charge is 0.319 e. The molecule has 12 heavy (non-hydrogen) atoms. The molecular weight excluding hydrogens is 148 g/mol. The number of nitrogens with zero attached hydrogens (tertiary/aromatic N) is 1. The van der Waals surface area contributed by atoms with E-state index in [2.05, 4.69) is 22.4 Å². The first-order valence-corrected chi connectivity index (χ1v) is 4.95. The molecule has 0 spiro atoms. The minimum Gasteiger partial charge on any atom is -0.319 e. The summed E-state index contributed by atoms with van der Waals surface area (Å²) in [7, 11) is 1.99. The monoisotopic (exact) mass is 168 g/mol. The number of hydrogen-bond donors (Lipinski definition) is 1. The average Bonchev–Trinajstić information content (AvgIpc) is 2.57. The summed E-state index contributed by atoms with van der Waals surface area (Å²) in [5.41, 5.74) is 0. The van der Waals surface area contributed by atoms with Gasteiger partial charge in [-0.2, -0.15) is 0 Å². The molecule has 1 N–H and O–H groups in total. The first-order valence-electron chi connectivity index (χ1n) is 4.95. The Bertz CT molecular complexity index is 126. The molecule has 0 aromatic heterocycles. The molecule has 2 heteroatoms. The molecule has 1 aliphatic rings. The van der Waals surface area contributed by atoms with Gasteiger partial charge in [0.1, 0.15) is 0 Å². The zero-order valence-electron chi connectivity index (χ0n) is 8.05. The van der Waals surface area contributed by atoms with E-state index < -0.39 is 0 Å². The molecule has 0 saturated carbocycles. The fourth-order valence-electron chi connectivity index (χ4n) is 1.53. The Kier molecular flexibility index (Phi) is 5.04. The lowest BCUT2D eigenvalue weighted by Gasteiger charge is -2.10. The van der Waals surface area contributed by atoms with Crippen molar-refractivity contribution in [2.24, 2.45) is 0 Å². The molecule has 1 aliphatic heterocycles. The highest BCUT2D eigenvalue weighted by Gasteiger charge is 2.08. The maximum atomic E-state index is 3.13. The lowest BCUT2D eigenvalue weighted by molar-refractivity contribution is 0.377. The second-order valence-electron chi connectivity index (χ2n) is 3.37. The van der Waals surface area contributed by atoms with E-state index >= 15 is 0 Å². The highest BCUT2D eigenvalue weighted by atomic mass is 15.1. The van der Waals surface area contributed by atoms with Crippen molar-refractivity contribution in [1.29, 1.82) is 0 Å². The Morgan fingerprint density at radius 1 is 1.25 bits per heavy atom. The molecule has 1 fully saturated rings. The highest BCUT2D eigenvalue weighted by molar-refractivity contribution is 4.86. The van der Waals surface area contributed by atoms with Gasteiger partial charge in [-0.3, -0.25) is 4.90 Å². The third-order valence-electron chi connectivity index (χ3n) is 2.29. The van der Waals surface area contributed by atoms with Gasteiger partial charge < -0.3 is 5.32 Å². The molecule has 0 aromatic carbocycles. The Balaban J connectivity index is 1.96. The Labute approximate surface area is 75.6 Å². The van der Waals surface area contributed by atoms with E-state index in [0.717, 1.165) is 19.5 Å². The Morgan fingerprint density at radius 2 is 2.00 bits per heavy atom. The summed E-state index contributed by atoms with van der Waals surface area (Å²) in [5, 5.41) is 3.13. The van der Waals surface area contributed by atoms with Crippen LogP contribution in [-0.4, -0.2) is 38.1 Å². The van der Waals surface area contributed by atoms with Gasteiger partial charge in [-0.1, -0.05) is 12.2 Å². The first-order chi connectivity index (χ1) is 5.93. The molecule has 0 amide bonds. The van der Waals surface area contributed by atoms with E-state index in [4.69, 9.17) is 0 Å². The van der Waals surface area contributed by atoms with E-state index in [1.807, 2.05) is 7.05 Å². The fraction of sp³-hybridized carbons (Fsp3) is 0.800. The Hall–Kier alpha value is -0.340. The van der Waals surface area contributed by atoms with Gasteiger partial charge in [0.2, 0.25) is 0 Å². The molecule has 0 aliphatic carbocycles. The first kappa shape index (κ1) is 9.75. The molecule has 0 unspecified atom stereocenters. The van der Waals surface area contributed by atoms with Crippen LogP contribution in [-0.2, 0) is 0 Å². The second kappa shape index (κ2) is 6.21. The smallest absolute Gasteiger partial charge is 0.0163 e. The number of nitrogens with one attached hydrogen (secondary N) is 1. The number of likely N-dealkylation sites (tertiary alicyclic amines) is 1. The maximum absolute atomic E-state index is 3.13. The van der Waals surface area contributed by atoms with Gasteiger partial charge in [0, 0.05) is 6.54 Å². The molecule has 2 nitrogen and oxygen atoms in total. The van der Waals surface area contributed by atoms with E-state index in [1.165, 1.54) is 25.9 Å². The van der Waals surface area contributed by atoms with Crippen LogP contribution >= 0.6 is 0 Å². The predicted octanol–water partition coefficient (Wildman–Crippen LogP) is 1.25. The van der Waals surface area contributed by atoms with Crippen molar-refractivity contribution < 1.29 is 0 Å². The zero-order valence-corrected chi connectivity index (χ0v) is 8.05. The maximum Gasteiger partial charge on any atom is 0.0163 e. The van der Waals surface area contributed by atoms with Gasteiger partial charge in [0.15, 0.2) is 0 Å². The standard InChI is InChI=1S/C10H20N2/c1-11-7-3-2-4-8-12-9-5-6-10-12/h2,4,11H,3,5-10H2,1H3/b4-2-. The van der Waals surface area contributed by atoms with Crippen molar-refractivity contribution in [3.05, 3.63) is 12.2 Å². The van der Waals surface area contributed by atoms with Gasteiger partial charge >= 0.3 is 0 Å². The molecule has 0 bridgehead atoms. The summed E-state index contributed by atoms with van der Waals surface area (Å²) in [4.78, 5) is 2.51. The van der Waals surface area contributed by atoms with Crippen molar-refractivity contribution in [2.75, 3.05) is 33.2 Å². The van der Waals surface area contributed by atoms with Gasteiger partial charge in [0.05, 0.1) is 0 Å². The van der Waals surface area contributed by atoms with Crippen LogP contribution in [0.4, 0.5) is 0 Å². The topological polar surface area (TPSA) is 15.3 Å². The van der Waals surface area contributed by atoms with E-state index in [1.54, 1.807) is 0 Å². The predicted molar refractivity (Wildman–Crippen MR) is 53.4 cm³/mol. The highest BCUT2D eigenvalue weighted by Crippen LogP contribution is 2.06. The van der Waals surface area contributed by atoms with E-state index in [9.17, 15) is 0 Å². The summed E-state index contributed by atoms with van der Waals surface area (Å²) in [6.45, 7) is 4.85. The quantitative estimate of drug-likeness (QED) is 0.491. The number of rotatable bonds is 5. The van der Waals surface area contributed by atoms with Crippen LogP contribution < -0.4 is 5.32 Å². The molecular formula is C10H20N2. The van der Waals surface area contributed by atoms with Crippen LogP contribution in [0.2, 0.25) is 0 Å². The van der Waals surface area contributed by atoms with E-state index in [-0.39, 0.29) is 0 Å². The number of hydrogen-bond acceptors (Lipinski definition) is 2. The van der Waals surface area contributed by atoms with Crippen LogP contribution in [0, 0.1) is 0 Å². The molecule has 1 saturated heterocycles. The molecule has 1 rings (SSSR count). The molecule has 0 atom stereocenters. The van der Waals surface area contributed by atoms with Crippen molar-refractivity contribution in [3.8, 4) is 0 Å². The second-order valence-corrected chi connectivity index (χ2v) is 3.37. The van der Waals surface area contributed by atoms with Crippen molar-refractivity contribution in [2.45, 2.75) is 19.3 Å². The van der Waals surface area contributed by atoms with Crippen LogP contribution in [0.3, 0.4) is 0 Å². The third kappa shape index (κ3) is 3.88. The van der Waals surface area contributed by atoms with Gasteiger partial charge in [0.25, 0.3) is 0 Å².